The van der Waals surface area contributed by atoms with Crippen LogP contribution >= 0.6 is 0 Å². The molecule has 3 heteroatoms. The van der Waals surface area contributed by atoms with Gasteiger partial charge in [-0.2, -0.15) is 0 Å². The predicted octanol–water partition coefficient (Wildman–Crippen LogP) is 3.61. The first kappa shape index (κ1) is 15.7. The van der Waals surface area contributed by atoms with Gasteiger partial charge in [-0.05, 0) is 30.5 Å². The number of benzene rings is 1. The Labute approximate surface area is 115 Å². The van der Waals surface area contributed by atoms with Gasteiger partial charge in [-0.25, -0.2) is 4.79 Å². The maximum absolute atomic E-state index is 11.7. The average Bonchev–Trinajstić information content (AvgIpc) is 2.46. The molecule has 0 saturated heterocycles. The Balaban J connectivity index is 2.16. The van der Waals surface area contributed by atoms with Crippen LogP contribution in [-0.2, 0) is 15.9 Å². The largest absolute Gasteiger partial charge is 0.460 e. The summed E-state index contributed by atoms with van der Waals surface area (Å²) in [7, 11) is 0. The number of rotatable bonds is 9. The maximum atomic E-state index is 11.7. The highest BCUT2D eigenvalue weighted by Crippen LogP contribution is 2.06. The van der Waals surface area contributed by atoms with Crippen molar-refractivity contribution in [1.82, 2.24) is 0 Å². The van der Waals surface area contributed by atoms with E-state index >= 15 is 0 Å². The molecule has 0 atom stereocenters. The molecule has 3 nitrogen and oxygen atoms in total. The first-order valence-electron chi connectivity index (χ1n) is 7.11. The molecule has 1 rings (SSSR count). The topological polar surface area (TPSA) is 35.5 Å². The fourth-order valence-electron chi connectivity index (χ4n) is 1.71. The summed E-state index contributed by atoms with van der Waals surface area (Å²) >= 11 is 0. The number of hydrogen-bond donors (Lipinski definition) is 0. The van der Waals surface area contributed by atoms with Crippen LogP contribution < -0.4 is 0 Å². The van der Waals surface area contributed by atoms with E-state index in [0.29, 0.717) is 18.8 Å². The molecule has 0 heterocycles. The average molecular weight is 264 g/mol. The smallest absolute Gasteiger partial charge is 0.338 e. The Bertz CT molecular complexity index is 357. The molecular formula is C16H24O3. The van der Waals surface area contributed by atoms with Crippen molar-refractivity contribution in [2.45, 2.75) is 39.5 Å². The molecule has 0 spiro atoms. The Kier molecular flexibility index (Phi) is 7.91. The summed E-state index contributed by atoms with van der Waals surface area (Å²) in [6.45, 7) is 5.79. The lowest BCUT2D eigenvalue weighted by molar-refractivity contribution is 0.0312. The van der Waals surface area contributed by atoms with Gasteiger partial charge in [0.05, 0.1) is 12.2 Å². The van der Waals surface area contributed by atoms with Crippen molar-refractivity contribution in [2.24, 2.45) is 0 Å². The summed E-state index contributed by atoms with van der Waals surface area (Å²) in [6.07, 6.45) is 4.42. The molecule has 0 radical (unpaired) electrons. The highest BCUT2D eigenvalue weighted by Gasteiger charge is 2.06. The Morgan fingerprint density at radius 2 is 1.74 bits per heavy atom. The summed E-state index contributed by atoms with van der Waals surface area (Å²) in [4.78, 5) is 11.7. The standard InChI is InChI=1S/C16H24O3/c1-3-5-6-11-18-12-13-19-16(17)15-9-7-14(4-2)8-10-15/h7-10H,3-6,11-13H2,1-2H3. The van der Waals surface area contributed by atoms with Gasteiger partial charge in [0.1, 0.15) is 6.61 Å². The van der Waals surface area contributed by atoms with E-state index in [1.807, 2.05) is 24.3 Å². The Morgan fingerprint density at radius 3 is 2.37 bits per heavy atom. The monoisotopic (exact) mass is 264 g/mol. The van der Waals surface area contributed by atoms with Crippen LogP contribution in [0.1, 0.15) is 49.0 Å². The van der Waals surface area contributed by atoms with E-state index in [9.17, 15) is 4.79 Å². The third-order valence-corrected chi connectivity index (χ3v) is 2.95. The minimum atomic E-state index is -0.278. The van der Waals surface area contributed by atoms with Gasteiger partial charge in [0.25, 0.3) is 0 Å². The van der Waals surface area contributed by atoms with Gasteiger partial charge in [-0.1, -0.05) is 38.8 Å². The molecule has 1 aromatic rings. The summed E-state index contributed by atoms with van der Waals surface area (Å²) in [5, 5.41) is 0. The number of aryl methyl sites for hydroxylation is 1. The van der Waals surface area contributed by atoms with E-state index in [1.165, 1.54) is 18.4 Å². The summed E-state index contributed by atoms with van der Waals surface area (Å²) < 4.78 is 10.5. The van der Waals surface area contributed by atoms with Crippen molar-refractivity contribution in [3.63, 3.8) is 0 Å². The van der Waals surface area contributed by atoms with E-state index in [-0.39, 0.29) is 5.97 Å². The molecule has 106 valence electrons. The minimum absolute atomic E-state index is 0.278. The Hall–Kier alpha value is -1.35. The molecule has 19 heavy (non-hydrogen) atoms. The fraction of sp³-hybridized carbons (Fsp3) is 0.562. The van der Waals surface area contributed by atoms with E-state index in [4.69, 9.17) is 9.47 Å². The lowest BCUT2D eigenvalue weighted by atomic mass is 10.1. The molecule has 0 N–H and O–H groups in total. The zero-order valence-electron chi connectivity index (χ0n) is 12.0. The number of carbonyl (C=O) groups is 1. The predicted molar refractivity (Wildman–Crippen MR) is 76.4 cm³/mol. The van der Waals surface area contributed by atoms with Gasteiger partial charge in [0, 0.05) is 6.61 Å². The van der Waals surface area contributed by atoms with E-state index < -0.39 is 0 Å². The molecule has 0 aliphatic heterocycles. The fourth-order valence-corrected chi connectivity index (χ4v) is 1.71. The highest BCUT2D eigenvalue weighted by atomic mass is 16.6. The van der Waals surface area contributed by atoms with Crippen LogP contribution in [0.15, 0.2) is 24.3 Å². The minimum Gasteiger partial charge on any atom is -0.460 e. The molecule has 1 aromatic carbocycles. The number of hydrogen-bond acceptors (Lipinski definition) is 3. The zero-order valence-corrected chi connectivity index (χ0v) is 12.0. The molecule has 0 fully saturated rings. The third kappa shape index (κ3) is 6.39. The summed E-state index contributed by atoms with van der Waals surface area (Å²) in [5.74, 6) is -0.278. The van der Waals surface area contributed by atoms with Crippen molar-refractivity contribution in [3.8, 4) is 0 Å². The van der Waals surface area contributed by atoms with Crippen molar-refractivity contribution in [1.29, 1.82) is 0 Å². The Morgan fingerprint density at radius 1 is 1.00 bits per heavy atom. The second-order valence-electron chi connectivity index (χ2n) is 4.51. The lowest BCUT2D eigenvalue weighted by Gasteiger charge is -2.06. The quantitative estimate of drug-likeness (QED) is 0.505. The van der Waals surface area contributed by atoms with Gasteiger partial charge in [0.2, 0.25) is 0 Å². The van der Waals surface area contributed by atoms with Crippen LogP contribution in [0.5, 0.6) is 0 Å². The van der Waals surface area contributed by atoms with E-state index in [0.717, 1.165) is 19.4 Å². The van der Waals surface area contributed by atoms with Crippen LogP contribution in [-0.4, -0.2) is 25.8 Å². The number of unbranched alkanes of at least 4 members (excludes halogenated alkanes) is 2. The van der Waals surface area contributed by atoms with Gasteiger partial charge in [0.15, 0.2) is 0 Å². The van der Waals surface area contributed by atoms with Gasteiger partial charge in [-0.15, -0.1) is 0 Å². The molecule has 0 bridgehead atoms. The first-order chi connectivity index (χ1) is 9.27. The third-order valence-electron chi connectivity index (χ3n) is 2.95. The normalized spacial score (nSPS) is 10.4. The molecule has 0 aromatic heterocycles. The highest BCUT2D eigenvalue weighted by molar-refractivity contribution is 5.89. The second kappa shape index (κ2) is 9.56. The van der Waals surface area contributed by atoms with Crippen molar-refractivity contribution < 1.29 is 14.3 Å². The van der Waals surface area contributed by atoms with Gasteiger partial charge >= 0.3 is 5.97 Å². The van der Waals surface area contributed by atoms with Crippen molar-refractivity contribution in [3.05, 3.63) is 35.4 Å². The lowest BCUT2D eigenvalue weighted by Crippen LogP contribution is -2.11. The molecule has 0 amide bonds. The van der Waals surface area contributed by atoms with Gasteiger partial charge < -0.3 is 9.47 Å². The number of carbonyl (C=O) groups excluding carboxylic acids is 1. The van der Waals surface area contributed by atoms with Crippen LogP contribution in [0.4, 0.5) is 0 Å². The van der Waals surface area contributed by atoms with Crippen molar-refractivity contribution in [2.75, 3.05) is 19.8 Å². The molecule has 0 unspecified atom stereocenters. The molecular weight excluding hydrogens is 240 g/mol. The maximum Gasteiger partial charge on any atom is 0.338 e. The van der Waals surface area contributed by atoms with Crippen molar-refractivity contribution >= 4 is 5.97 Å². The van der Waals surface area contributed by atoms with Crippen LogP contribution in [0.25, 0.3) is 0 Å². The van der Waals surface area contributed by atoms with Crippen LogP contribution in [0.2, 0.25) is 0 Å². The van der Waals surface area contributed by atoms with Crippen LogP contribution in [0.3, 0.4) is 0 Å². The summed E-state index contributed by atoms with van der Waals surface area (Å²) in [5.41, 5.74) is 1.82. The zero-order chi connectivity index (χ0) is 13.9. The number of esters is 1. The van der Waals surface area contributed by atoms with E-state index in [2.05, 4.69) is 13.8 Å². The van der Waals surface area contributed by atoms with Gasteiger partial charge in [-0.3, -0.25) is 0 Å². The van der Waals surface area contributed by atoms with Crippen LogP contribution in [0, 0.1) is 0 Å². The first-order valence-corrected chi connectivity index (χ1v) is 7.11. The SMILES string of the molecule is CCCCCOCCOC(=O)c1ccc(CC)cc1. The van der Waals surface area contributed by atoms with E-state index in [1.54, 1.807) is 0 Å². The number of ether oxygens (including phenoxy) is 2. The molecule has 0 aliphatic rings. The second-order valence-corrected chi connectivity index (χ2v) is 4.51. The summed E-state index contributed by atoms with van der Waals surface area (Å²) in [6, 6.07) is 7.53. The molecule has 0 saturated carbocycles. The molecule has 0 aliphatic carbocycles.